The maximum atomic E-state index is 12.2. The van der Waals surface area contributed by atoms with Crippen LogP contribution < -0.4 is 16.0 Å². The summed E-state index contributed by atoms with van der Waals surface area (Å²) in [6, 6.07) is 16.1. The van der Waals surface area contributed by atoms with Gasteiger partial charge in [-0.3, -0.25) is 9.59 Å². The van der Waals surface area contributed by atoms with Crippen LogP contribution in [0.2, 0.25) is 0 Å². The van der Waals surface area contributed by atoms with Crippen molar-refractivity contribution < 1.29 is 9.59 Å². The summed E-state index contributed by atoms with van der Waals surface area (Å²) in [6.07, 6.45) is 7.45. The number of fused-ring (bicyclic) bond motifs is 2. The molecule has 0 atom stereocenters. The van der Waals surface area contributed by atoms with E-state index in [1.165, 1.54) is 0 Å². The molecule has 0 radical (unpaired) electrons. The smallest absolute Gasteiger partial charge is 0.224 e. The molecule has 7 heteroatoms. The Morgan fingerprint density at radius 1 is 0.618 bits per heavy atom. The van der Waals surface area contributed by atoms with Crippen LogP contribution in [0.3, 0.4) is 0 Å². The Morgan fingerprint density at radius 2 is 1.09 bits per heavy atom. The van der Waals surface area contributed by atoms with Crippen molar-refractivity contribution in [3.8, 4) is 0 Å². The first kappa shape index (κ1) is 23.6. The zero-order valence-corrected chi connectivity index (χ0v) is 19.5. The summed E-state index contributed by atoms with van der Waals surface area (Å²) in [6.45, 7) is 3.12. The number of carbonyl (C=O) groups is 2. The molecule has 34 heavy (non-hydrogen) atoms. The third-order valence-electron chi connectivity index (χ3n) is 6.01. The molecule has 2 aromatic heterocycles. The lowest BCUT2D eigenvalue weighted by Crippen LogP contribution is -2.29. The van der Waals surface area contributed by atoms with Crippen LogP contribution in [0.5, 0.6) is 0 Å². The first-order valence-corrected chi connectivity index (χ1v) is 12.0. The molecule has 0 aliphatic rings. The quantitative estimate of drug-likeness (QED) is 0.198. The summed E-state index contributed by atoms with van der Waals surface area (Å²) in [5.41, 5.74) is 4.18. The summed E-state index contributed by atoms with van der Waals surface area (Å²) in [7, 11) is 0. The number of unbranched alkanes of at least 4 members (excludes halogenated alkanes) is 1. The molecule has 0 spiro atoms. The molecule has 4 rings (SSSR count). The molecule has 0 fully saturated rings. The van der Waals surface area contributed by atoms with Gasteiger partial charge in [0.05, 0.1) is 12.8 Å². The average molecular weight is 460 g/mol. The van der Waals surface area contributed by atoms with E-state index < -0.39 is 0 Å². The van der Waals surface area contributed by atoms with Gasteiger partial charge < -0.3 is 25.9 Å². The number of hydrogen-bond donors (Lipinski definition) is 5. The fraction of sp³-hybridized carbons (Fsp3) is 0.333. The van der Waals surface area contributed by atoms with E-state index in [-0.39, 0.29) is 11.8 Å². The maximum absolute atomic E-state index is 12.2. The van der Waals surface area contributed by atoms with Crippen LogP contribution in [0.25, 0.3) is 21.8 Å². The van der Waals surface area contributed by atoms with Crippen molar-refractivity contribution >= 4 is 33.6 Å². The number of benzene rings is 2. The molecule has 7 nitrogen and oxygen atoms in total. The Balaban J connectivity index is 1.000. The summed E-state index contributed by atoms with van der Waals surface area (Å²) in [5, 5.41) is 11.6. The van der Waals surface area contributed by atoms with Crippen molar-refractivity contribution in [3.63, 3.8) is 0 Å². The minimum atomic E-state index is 0.0492. The Morgan fingerprint density at radius 3 is 1.68 bits per heavy atom. The minimum absolute atomic E-state index is 0.0492. The fourth-order valence-electron chi connectivity index (χ4n) is 4.20. The van der Waals surface area contributed by atoms with Crippen LogP contribution in [-0.2, 0) is 22.4 Å². The molecule has 178 valence electrons. The van der Waals surface area contributed by atoms with E-state index in [4.69, 9.17) is 0 Å². The van der Waals surface area contributed by atoms with Crippen LogP contribution >= 0.6 is 0 Å². The highest BCUT2D eigenvalue weighted by Gasteiger charge is 2.09. The van der Waals surface area contributed by atoms with Gasteiger partial charge in [-0.05, 0) is 55.6 Å². The number of para-hydroxylation sites is 2. The predicted molar refractivity (Wildman–Crippen MR) is 137 cm³/mol. The first-order valence-electron chi connectivity index (χ1n) is 12.0. The molecule has 4 aromatic rings. The van der Waals surface area contributed by atoms with Gasteiger partial charge in [-0.2, -0.15) is 0 Å². The second-order valence-corrected chi connectivity index (χ2v) is 8.58. The minimum Gasteiger partial charge on any atom is -0.361 e. The number of rotatable bonds is 13. The lowest BCUT2D eigenvalue weighted by molar-refractivity contribution is -0.121. The van der Waals surface area contributed by atoms with Gasteiger partial charge in [0.1, 0.15) is 0 Å². The van der Waals surface area contributed by atoms with E-state index in [1.807, 2.05) is 60.9 Å². The molecule has 0 aliphatic carbocycles. The monoisotopic (exact) mass is 459 g/mol. The van der Waals surface area contributed by atoms with Crippen LogP contribution in [0.4, 0.5) is 0 Å². The number of H-pyrrole nitrogens is 2. The van der Waals surface area contributed by atoms with Crippen LogP contribution in [0.15, 0.2) is 60.9 Å². The largest absolute Gasteiger partial charge is 0.361 e. The van der Waals surface area contributed by atoms with Crippen LogP contribution in [0.1, 0.15) is 30.4 Å². The SMILES string of the molecule is O=C(Cc1c[nH]c2ccccc12)NCCCCNCCCNC(=O)Cc1c[nH]c2ccccc12. The van der Waals surface area contributed by atoms with Crippen molar-refractivity contribution in [1.82, 2.24) is 25.9 Å². The molecular formula is C27H33N5O2. The molecule has 0 saturated heterocycles. The Kier molecular flexibility index (Phi) is 8.35. The van der Waals surface area contributed by atoms with Gasteiger partial charge in [0.2, 0.25) is 11.8 Å². The van der Waals surface area contributed by atoms with Gasteiger partial charge in [0, 0.05) is 47.3 Å². The average Bonchev–Trinajstić information content (AvgIpc) is 3.45. The molecule has 2 heterocycles. The van der Waals surface area contributed by atoms with Crippen molar-refractivity contribution in [2.75, 3.05) is 26.2 Å². The summed E-state index contributed by atoms with van der Waals surface area (Å²) in [5.74, 6) is 0.106. The van der Waals surface area contributed by atoms with E-state index in [1.54, 1.807) is 0 Å². The molecule has 2 amide bonds. The summed E-state index contributed by atoms with van der Waals surface area (Å²) in [4.78, 5) is 30.8. The van der Waals surface area contributed by atoms with Gasteiger partial charge in [-0.15, -0.1) is 0 Å². The molecule has 0 saturated carbocycles. The van der Waals surface area contributed by atoms with Gasteiger partial charge in [-0.25, -0.2) is 0 Å². The van der Waals surface area contributed by atoms with Crippen molar-refractivity contribution in [3.05, 3.63) is 72.1 Å². The Labute approximate surface area is 199 Å². The number of amides is 2. The number of aromatic amines is 2. The lowest BCUT2D eigenvalue weighted by atomic mass is 10.1. The molecule has 0 unspecified atom stereocenters. The Bertz CT molecular complexity index is 1130. The molecular weight excluding hydrogens is 426 g/mol. The molecule has 2 aromatic carbocycles. The lowest BCUT2D eigenvalue weighted by Gasteiger charge is -2.07. The van der Waals surface area contributed by atoms with E-state index in [0.29, 0.717) is 25.9 Å². The highest BCUT2D eigenvalue weighted by Crippen LogP contribution is 2.18. The number of carbonyl (C=O) groups excluding carboxylic acids is 2. The van der Waals surface area contributed by atoms with Crippen LogP contribution in [0, 0.1) is 0 Å². The highest BCUT2D eigenvalue weighted by molar-refractivity contribution is 5.89. The maximum Gasteiger partial charge on any atom is 0.224 e. The molecule has 5 N–H and O–H groups in total. The number of aromatic nitrogens is 2. The molecule has 0 bridgehead atoms. The van der Waals surface area contributed by atoms with E-state index >= 15 is 0 Å². The third kappa shape index (κ3) is 6.48. The normalized spacial score (nSPS) is 11.2. The Hall–Kier alpha value is -3.58. The first-order chi connectivity index (χ1) is 16.7. The van der Waals surface area contributed by atoms with E-state index in [0.717, 1.165) is 65.3 Å². The summed E-state index contributed by atoms with van der Waals surface area (Å²) >= 11 is 0. The molecule has 0 aliphatic heterocycles. The predicted octanol–water partition coefficient (Wildman–Crippen LogP) is 3.43. The second kappa shape index (κ2) is 12.0. The standard InChI is InChI=1S/C27H33N5O2/c33-26(16-20-18-31-24-10-3-1-8-22(20)24)29-14-6-5-12-28-13-7-15-30-27(34)17-21-19-32-25-11-4-2-9-23(21)25/h1-4,8-11,18-19,28,31-32H,5-7,12-17H2,(H,29,33)(H,30,34). The van der Waals surface area contributed by atoms with E-state index in [2.05, 4.69) is 25.9 Å². The van der Waals surface area contributed by atoms with Gasteiger partial charge in [-0.1, -0.05) is 36.4 Å². The van der Waals surface area contributed by atoms with Crippen molar-refractivity contribution in [2.24, 2.45) is 0 Å². The van der Waals surface area contributed by atoms with Crippen molar-refractivity contribution in [2.45, 2.75) is 32.1 Å². The summed E-state index contributed by atoms with van der Waals surface area (Å²) < 4.78 is 0. The fourth-order valence-corrected chi connectivity index (χ4v) is 4.20. The van der Waals surface area contributed by atoms with Crippen molar-refractivity contribution in [1.29, 1.82) is 0 Å². The second-order valence-electron chi connectivity index (χ2n) is 8.58. The highest BCUT2D eigenvalue weighted by atomic mass is 16.2. The number of nitrogens with one attached hydrogen (secondary N) is 5. The number of hydrogen-bond acceptors (Lipinski definition) is 3. The third-order valence-corrected chi connectivity index (χ3v) is 6.01. The van der Waals surface area contributed by atoms with Crippen LogP contribution in [-0.4, -0.2) is 48.0 Å². The van der Waals surface area contributed by atoms with Gasteiger partial charge in [0.15, 0.2) is 0 Å². The van der Waals surface area contributed by atoms with E-state index in [9.17, 15) is 9.59 Å². The topological polar surface area (TPSA) is 102 Å². The zero-order chi connectivity index (χ0) is 23.6. The van der Waals surface area contributed by atoms with Gasteiger partial charge in [0.25, 0.3) is 0 Å². The van der Waals surface area contributed by atoms with Gasteiger partial charge >= 0.3 is 0 Å². The zero-order valence-electron chi connectivity index (χ0n) is 19.5.